The monoisotopic (exact) mass is 368 g/mol. The van der Waals surface area contributed by atoms with E-state index in [1.807, 2.05) is 31.2 Å². The van der Waals surface area contributed by atoms with Crippen LogP contribution in [-0.4, -0.2) is 30.7 Å². The summed E-state index contributed by atoms with van der Waals surface area (Å²) < 4.78 is 18.3. The van der Waals surface area contributed by atoms with Crippen LogP contribution in [0.25, 0.3) is 0 Å². The van der Waals surface area contributed by atoms with Gasteiger partial charge < -0.3 is 4.43 Å². The van der Waals surface area contributed by atoms with E-state index in [0.717, 1.165) is 23.3 Å². The number of rotatable bonds is 9. The average molecular weight is 369 g/mol. The van der Waals surface area contributed by atoms with Crippen molar-refractivity contribution in [3.8, 4) is 0 Å². The molecule has 0 radical (unpaired) electrons. The average Bonchev–Trinajstić information content (AvgIpc) is 2.46. The van der Waals surface area contributed by atoms with E-state index in [1.165, 1.54) is 0 Å². The molecule has 0 heterocycles. The molecule has 3 nitrogen and oxygen atoms in total. The van der Waals surface area contributed by atoms with Gasteiger partial charge in [0, 0.05) is 17.9 Å². The lowest BCUT2D eigenvalue weighted by molar-refractivity contribution is -0.116. The van der Waals surface area contributed by atoms with Gasteiger partial charge in [-0.25, -0.2) is 0 Å². The van der Waals surface area contributed by atoms with E-state index in [1.54, 1.807) is 0 Å². The highest BCUT2D eigenvalue weighted by Gasteiger charge is 2.36. The fraction of sp³-hybridized carbons (Fsp3) is 0.632. The lowest BCUT2D eigenvalue weighted by atomic mass is 10.2. The van der Waals surface area contributed by atoms with E-state index in [-0.39, 0.29) is 16.6 Å². The number of Topliss-reactive ketones (excluding diaryl/α,β-unsaturated/α-hetero) is 1. The van der Waals surface area contributed by atoms with Crippen molar-refractivity contribution in [1.82, 2.24) is 0 Å². The Hall–Kier alpha value is -0.783. The molecular weight excluding hydrogens is 336 g/mol. The number of aryl methyl sites for hydroxylation is 1. The third-order valence-electron chi connectivity index (χ3n) is 4.70. The van der Waals surface area contributed by atoms with Crippen LogP contribution >= 0.6 is 0 Å². The Morgan fingerprint density at radius 3 is 2.25 bits per heavy atom. The van der Waals surface area contributed by atoms with Crippen LogP contribution in [0.1, 0.15) is 45.6 Å². The summed E-state index contributed by atoms with van der Waals surface area (Å²) >= 11 is 0. The number of carbonyl (C=O) groups excluding carboxylic acids is 1. The van der Waals surface area contributed by atoms with Crippen molar-refractivity contribution in [3.05, 3.63) is 29.8 Å². The number of ketones is 1. The van der Waals surface area contributed by atoms with Gasteiger partial charge in [-0.3, -0.25) is 9.00 Å². The van der Waals surface area contributed by atoms with Gasteiger partial charge in [0.2, 0.25) is 0 Å². The molecule has 0 aliphatic carbocycles. The summed E-state index contributed by atoms with van der Waals surface area (Å²) in [5, 5.41) is 0.216. The van der Waals surface area contributed by atoms with Crippen LogP contribution < -0.4 is 0 Å². The van der Waals surface area contributed by atoms with E-state index >= 15 is 0 Å². The Labute approximate surface area is 150 Å². The van der Waals surface area contributed by atoms with Crippen molar-refractivity contribution in [2.45, 2.75) is 70.0 Å². The second-order valence-corrected chi connectivity index (χ2v) is 14.2. The molecule has 0 unspecified atom stereocenters. The summed E-state index contributed by atoms with van der Waals surface area (Å²) in [5.41, 5.74) is 1.13. The molecule has 1 aromatic carbocycles. The Balaban J connectivity index is 2.27. The molecule has 0 aliphatic heterocycles. The van der Waals surface area contributed by atoms with Gasteiger partial charge in [-0.05, 0) is 50.0 Å². The first-order valence-corrected chi connectivity index (χ1v) is 12.9. The smallest absolute Gasteiger partial charge is 0.191 e. The van der Waals surface area contributed by atoms with Crippen LogP contribution in [0, 0.1) is 6.92 Å². The second kappa shape index (κ2) is 9.06. The Kier molecular flexibility index (Phi) is 8.03. The van der Waals surface area contributed by atoms with Gasteiger partial charge in [0.05, 0.1) is 16.6 Å². The molecule has 5 heteroatoms. The van der Waals surface area contributed by atoms with Crippen molar-refractivity contribution in [1.29, 1.82) is 0 Å². The van der Waals surface area contributed by atoms with Crippen molar-refractivity contribution >= 4 is 24.9 Å². The highest BCUT2D eigenvalue weighted by atomic mass is 32.2. The number of benzene rings is 1. The quantitative estimate of drug-likeness (QED) is 0.461. The third-order valence-corrected chi connectivity index (χ3v) is 10.6. The first-order valence-electron chi connectivity index (χ1n) is 8.63. The number of carbonyl (C=O) groups is 1. The molecule has 136 valence electrons. The topological polar surface area (TPSA) is 43.4 Å². The molecule has 0 saturated heterocycles. The van der Waals surface area contributed by atoms with E-state index in [4.69, 9.17) is 4.43 Å². The summed E-state index contributed by atoms with van der Waals surface area (Å²) in [6.07, 6.45) is 2.17. The fourth-order valence-corrected chi connectivity index (χ4v) is 4.09. The zero-order valence-corrected chi connectivity index (χ0v) is 17.8. The maximum absolute atomic E-state index is 12.2. The van der Waals surface area contributed by atoms with Crippen molar-refractivity contribution in [2.24, 2.45) is 0 Å². The Morgan fingerprint density at radius 1 is 1.12 bits per heavy atom. The fourth-order valence-electron chi connectivity index (χ4n) is 1.96. The van der Waals surface area contributed by atoms with Gasteiger partial charge >= 0.3 is 0 Å². The molecule has 0 aromatic heterocycles. The minimum atomic E-state index is -1.69. The van der Waals surface area contributed by atoms with Gasteiger partial charge in [0.25, 0.3) is 0 Å². The maximum atomic E-state index is 12.2. The molecular formula is C19H32O3SSi. The maximum Gasteiger partial charge on any atom is 0.191 e. The predicted molar refractivity (Wildman–Crippen MR) is 104 cm³/mol. The lowest BCUT2D eigenvalue weighted by Gasteiger charge is -2.36. The van der Waals surface area contributed by atoms with Crippen LogP contribution in [0.3, 0.4) is 0 Å². The SMILES string of the molecule is Cc1ccc([S@@](=O)CC(=O)CCCCO[Si](C)(C)C(C)(C)C)cc1. The first kappa shape index (κ1) is 21.3. The van der Waals surface area contributed by atoms with Crippen LogP contribution in [0.15, 0.2) is 29.2 Å². The standard InChI is InChI=1S/C19H32O3SSi/c1-16-10-12-18(13-11-16)23(21)15-17(20)9-7-8-14-22-24(5,6)19(2,3)4/h10-13H,7-9,14-15H2,1-6H3/t23-/m0/s1. The Bertz CT molecular complexity index is 559. The molecule has 1 atom stereocenters. The molecule has 0 spiro atoms. The summed E-state index contributed by atoms with van der Waals surface area (Å²) in [6, 6.07) is 7.53. The zero-order chi connectivity index (χ0) is 18.4. The highest BCUT2D eigenvalue weighted by Crippen LogP contribution is 2.36. The molecule has 1 rings (SSSR count). The van der Waals surface area contributed by atoms with Crippen LogP contribution in [0.5, 0.6) is 0 Å². The van der Waals surface area contributed by atoms with E-state index < -0.39 is 19.1 Å². The van der Waals surface area contributed by atoms with E-state index in [2.05, 4.69) is 33.9 Å². The van der Waals surface area contributed by atoms with Crippen LogP contribution in [-0.2, 0) is 20.0 Å². The number of hydrogen-bond acceptors (Lipinski definition) is 3. The minimum absolute atomic E-state index is 0.0706. The molecule has 0 amide bonds. The summed E-state index contributed by atoms with van der Waals surface area (Å²) in [4.78, 5) is 12.7. The van der Waals surface area contributed by atoms with Gasteiger partial charge in [-0.2, -0.15) is 0 Å². The number of unbranched alkanes of at least 4 members (excludes halogenated alkanes) is 1. The Morgan fingerprint density at radius 2 is 1.71 bits per heavy atom. The molecule has 0 N–H and O–H groups in total. The molecule has 0 fully saturated rings. The molecule has 0 aliphatic rings. The second-order valence-electron chi connectivity index (χ2n) is 7.91. The molecule has 0 saturated carbocycles. The van der Waals surface area contributed by atoms with Gasteiger partial charge in [-0.15, -0.1) is 0 Å². The minimum Gasteiger partial charge on any atom is -0.417 e. The molecule has 1 aromatic rings. The lowest BCUT2D eigenvalue weighted by Crippen LogP contribution is -2.40. The largest absolute Gasteiger partial charge is 0.417 e. The van der Waals surface area contributed by atoms with Crippen molar-refractivity contribution in [2.75, 3.05) is 12.4 Å². The zero-order valence-electron chi connectivity index (χ0n) is 16.0. The highest BCUT2D eigenvalue weighted by molar-refractivity contribution is 7.85. The first-order chi connectivity index (χ1) is 11.0. The summed E-state index contributed by atoms with van der Waals surface area (Å²) in [7, 11) is -2.92. The molecule has 24 heavy (non-hydrogen) atoms. The normalized spacial score (nSPS) is 13.8. The molecule has 0 bridgehead atoms. The van der Waals surface area contributed by atoms with Crippen molar-refractivity contribution < 1.29 is 13.4 Å². The summed E-state index contributed by atoms with van der Waals surface area (Å²) in [6.45, 7) is 13.9. The van der Waals surface area contributed by atoms with Gasteiger partial charge in [0.15, 0.2) is 8.32 Å². The van der Waals surface area contributed by atoms with E-state index in [9.17, 15) is 9.00 Å². The number of hydrogen-bond donors (Lipinski definition) is 0. The predicted octanol–water partition coefficient (Wildman–Crippen LogP) is 4.86. The van der Waals surface area contributed by atoms with Crippen LogP contribution in [0.2, 0.25) is 18.1 Å². The van der Waals surface area contributed by atoms with Gasteiger partial charge in [-0.1, -0.05) is 38.5 Å². The van der Waals surface area contributed by atoms with E-state index in [0.29, 0.717) is 13.0 Å². The summed E-state index contributed by atoms with van der Waals surface area (Å²) in [5.74, 6) is 0.188. The van der Waals surface area contributed by atoms with Crippen LogP contribution in [0.4, 0.5) is 0 Å². The van der Waals surface area contributed by atoms with Gasteiger partial charge in [0.1, 0.15) is 5.78 Å². The third kappa shape index (κ3) is 6.99. The van der Waals surface area contributed by atoms with Crippen molar-refractivity contribution in [3.63, 3.8) is 0 Å².